The van der Waals surface area contributed by atoms with Crippen LogP contribution in [0.3, 0.4) is 0 Å². The van der Waals surface area contributed by atoms with Crippen LogP contribution in [0.2, 0.25) is 0 Å². The van der Waals surface area contributed by atoms with E-state index in [1.807, 2.05) is 0 Å². The van der Waals surface area contributed by atoms with Gasteiger partial charge in [-0.3, -0.25) is 0 Å². The normalized spacial score (nSPS) is 32.8. The van der Waals surface area contributed by atoms with Crippen molar-refractivity contribution in [2.45, 2.75) is 57.8 Å². The molecule has 0 aromatic carbocycles. The first kappa shape index (κ1) is 12.3. The molecule has 1 nitrogen and oxygen atoms in total. The van der Waals surface area contributed by atoms with Gasteiger partial charge in [0.15, 0.2) is 0 Å². The highest BCUT2D eigenvalue weighted by Gasteiger charge is 2.57. The van der Waals surface area contributed by atoms with Crippen molar-refractivity contribution in [1.29, 1.82) is 0 Å². The van der Waals surface area contributed by atoms with Gasteiger partial charge in [-0.05, 0) is 30.6 Å². The van der Waals surface area contributed by atoms with Gasteiger partial charge in [0.2, 0.25) is 5.92 Å². The minimum Gasteiger partial charge on any atom is -0.381 e. The molecule has 1 aliphatic carbocycles. The second kappa shape index (κ2) is 4.59. The van der Waals surface area contributed by atoms with E-state index in [9.17, 15) is 8.78 Å². The van der Waals surface area contributed by atoms with Gasteiger partial charge in [0, 0.05) is 12.8 Å². The van der Waals surface area contributed by atoms with Crippen LogP contribution in [-0.4, -0.2) is 19.1 Å². The minimum atomic E-state index is -2.43. The zero-order chi connectivity index (χ0) is 11.6. The molecule has 0 spiro atoms. The van der Waals surface area contributed by atoms with E-state index in [1.165, 1.54) is 12.8 Å². The molecular weight excluding hydrogens is 210 g/mol. The highest BCUT2D eigenvalue weighted by molar-refractivity contribution is 5.05. The van der Waals surface area contributed by atoms with Crippen molar-refractivity contribution in [3.05, 3.63) is 0 Å². The van der Waals surface area contributed by atoms with E-state index >= 15 is 0 Å². The second-order valence-electron chi connectivity index (χ2n) is 5.55. The first-order valence-electron chi connectivity index (χ1n) is 6.54. The van der Waals surface area contributed by atoms with E-state index < -0.39 is 5.92 Å². The van der Waals surface area contributed by atoms with Gasteiger partial charge in [-0.1, -0.05) is 19.8 Å². The van der Waals surface area contributed by atoms with E-state index in [1.54, 1.807) is 6.92 Å². The molecule has 2 unspecified atom stereocenters. The molecule has 1 saturated carbocycles. The van der Waals surface area contributed by atoms with Crippen LogP contribution in [0, 0.1) is 11.3 Å². The molecule has 1 heterocycles. The summed E-state index contributed by atoms with van der Waals surface area (Å²) in [6.07, 6.45) is 5.27. The number of halogens is 2. The molecular formula is C13H22F2O. The summed E-state index contributed by atoms with van der Waals surface area (Å²) in [5.41, 5.74) is 0.479. The van der Waals surface area contributed by atoms with Crippen molar-refractivity contribution in [1.82, 2.24) is 0 Å². The minimum absolute atomic E-state index is 0.0210. The predicted molar refractivity (Wildman–Crippen MR) is 59.7 cm³/mol. The van der Waals surface area contributed by atoms with Gasteiger partial charge in [-0.25, -0.2) is 8.78 Å². The number of hydrogen-bond donors (Lipinski definition) is 0. The monoisotopic (exact) mass is 232 g/mol. The molecule has 0 aromatic heterocycles. The van der Waals surface area contributed by atoms with Crippen molar-refractivity contribution < 1.29 is 13.5 Å². The molecule has 1 saturated heterocycles. The van der Waals surface area contributed by atoms with Gasteiger partial charge in [0.05, 0.1) is 13.2 Å². The fraction of sp³-hybridized carbons (Fsp3) is 1.00. The maximum absolute atomic E-state index is 12.9. The lowest BCUT2D eigenvalue weighted by molar-refractivity contribution is -0.0138. The predicted octanol–water partition coefficient (Wildman–Crippen LogP) is 4.02. The van der Waals surface area contributed by atoms with Crippen LogP contribution in [-0.2, 0) is 4.74 Å². The average Bonchev–Trinajstić information content (AvgIpc) is 2.80. The lowest BCUT2D eigenvalue weighted by Gasteiger charge is -2.14. The van der Waals surface area contributed by atoms with Crippen LogP contribution in [0.4, 0.5) is 8.78 Å². The van der Waals surface area contributed by atoms with Crippen molar-refractivity contribution in [3.63, 3.8) is 0 Å². The molecule has 1 aliphatic heterocycles. The van der Waals surface area contributed by atoms with Gasteiger partial charge in [-0.2, -0.15) is 0 Å². The summed E-state index contributed by atoms with van der Waals surface area (Å²) >= 11 is 0. The third-order valence-corrected chi connectivity index (χ3v) is 4.30. The lowest BCUT2D eigenvalue weighted by Crippen LogP contribution is -2.13. The molecule has 0 N–H and O–H groups in total. The zero-order valence-electron chi connectivity index (χ0n) is 10.1. The largest absolute Gasteiger partial charge is 0.381 e. The van der Waals surface area contributed by atoms with Gasteiger partial charge in [0.25, 0.3) is 0 Å². The zero-order valence-corrected chi connectivity index (χ0v) is 10.1. The van der Waals surface area contributed by atoms with Crippen LogP contribution in [0.1, 0.15) is 51.9 Å². The number of hydrogen-bond acceptors (Lipinski definition) is 1. The average molecular weight is 232 g/mol. The van der Waals surface area contributed by atoms with E-state index in [2.05, 4.69) is 0 Å². The third-order valence-electron chi connectivity index (χ3n) is 4.30. The molecule has 16 heavy (non-hydrogen) atoms. The Balaban J connectivity index is 1.53. The molecule has 0 bridgehead atoms. The highest BCUT2D eigenvalue weighted by Crippen LogP contribution is 2.59. The fourth-order valence-electron chi connectivity index (χ4n) is 2.84. The molecule has 94 valence electrons. The fourth-order valence-corrected chi connectivity index (χ4v) is 2.84. The van der Waals surface area contributed by atoms with Crippen LogP contribution in [0.5, 0.6) is 0 Å². The van der Waals surface area contributed by atoms with E-state index in [-0.39, 0.29) is 12.8 Å². The molecule has 2 atom stereocenters. The van der Waals surface area contributed by atoms with Gasteiger partial charge in [0.1, 0.15) is 0 Å². The molecule has 3 heteroatoms. The molecule has 0 radical (unpaired) electrons. The third kappa shape index (κ3) is 2.73. The van der Waals surface area contributed by atoms with Crippen molar-refractivity contribution >= 4 is 0 Å². The maximum Gasteiger partial charge on any atom is 0.247 e. The molecule has 2 fully saturated rings. The SMILES string of the molecule is CCC(F)(F)CCCCCC12COCC1C2. The van der Waals surface area contributed by atoms with Gasteiger partial charge >= 0.3 is 0 Å². The molecule has 0 amide bonds. The first-order valence-corrected chi connectivity index (χ1v) is 6.54. The van der Waals surface area contributed by atoms with E-state index in [4.69, 9.17) is 4.74 Å². The summed E-state index contributed by atoms with van der Waals surface area (Å²) in [7, 11) is 0. The highest BCUT2D eigenvalue weighted by atomic mass is 19.3. The second-order valence-corrected chi connectivity index (χ2v) is 5.55. The van der Waals surface area contributed by atoms with E-state index in [0.29, 0.717) is 11.8 Å². The number of alkyl halides is 2. The Morgan fingerprint density at radius 3 is 2.69 bits per heavy atom. The summed E-state index contributed by atoms with van der Waals surface area (Å²) in [5.74, 6) is -1.64. The standard InChI is InChI=1S/C13H22F2O/c1-2-13(14,15)7-5-3-4-6-12-8-11(12)9-16-10-12/h11H,2-10H2,1H3. The van der Waals surface area contributed by atoms with Gasteiger partial charge in [-0.15, -0.1) is 0 Å². The molecule has 0 aromatic rings. The topological polar surface area (TPSA) is 9.23 Å². The Labute approximate surface area is 96.6 Å². The first-order chi connectivity index (χ1) is 7.58. The summed E-state index contributed by atoms with van der Waals surface area (Å²) in [4.78, 5) is 0. The molecule has 2 rings (SSSR count). The summed E-state index contributed by atoms with van der Waals surface area (Å²) in [5, 5.41) is 0. The maximum atomic E-state index is 12.9. The van der Waals surface area contributed by atoms with Gasteiger partial charge < -0.3 is 4.74 Å². The van der Waals surface area contributed by atoms with Crippen LogP contribution in [0.15, 0.2) is 0 Å². The number of unbranched alkanes of at least 4 members (excludes halogenated alkanes) is 2. The van der Waals surface area contributed by atoms with Crippen LogP contribution < -0.4 is 0 Å². The lowest BCUT2D eigenvalue weighted by atomic mass is 9.97. The summed E-state index contributed by atoms with van der Waals surface area (Å²) in [6, 6.07) is 0. The Morgan fingerprint density at radius 2 is 2.12 bits per heavy atom. The number of rotatable bonds is 7. The van der Waals surface area contributed by atoms with Crippen molar-refractivity contribution in [2.24, 2.45) is 11.3 Å². The van der Waals surface area contributed by atoms with Crippen molar-refractivity contribution in [3.8, 4) is 0 Å². The van der Waals surface area contributed by atoms with E-state index in [0.717, 1.165) is 32.0 Å². The summed E-state index contributed by atoms with van der Waals surface area (Å²) < 4.78 is 31.3. The Kier molecular flexibility index (Phi) is 3.53. The quantitative estimate of drug-likeness (QED) is 0.602. The van der Waals surface area contributed by atoms with Crippen LogP contribution in [0.25, 0.3) is 0 Å². The summed E-state index contributed by atoms with van der Waals surface area (Å²) in [6.45, 7) is 3.42. The van der Waals surface area contributed by atoms with Crippen LogP contribution >= 0.6 is 0 Å². The number of ether oxygens (including phenoxy) is 1. The Hall–Kier alpha value is -0.180. The molecule has 2 aliphatic rings. The Bertz CT molecular complexity index is 242. The van der Waals surface area contributed by atoms with Crippen molar-refractivity contribution in [2.75, 3.05) is 13.2 Å². The number of fused-ring (bicyclic) bond motifs is 1. The Morgan fingerprint density at radius 1 is 1.31 bits per heavy atom. The smallest absolute Gasteiger partial charge is 0.247 e.